The summed E-state index contributed by atoms with van der Waals surface area (Å²) in [5.74, 6) is -1.93. The lowest BCUT2D eigenvalue weighted by Crippen LogP contribution is -2.46. The third-order valence-corrected chi connectivity index (χ3v) is 5.77. The summed E-state index contributed by atoms with van der Waals surface area (Å²) < 4.78 is 0. The van der Waals surface area contributed by atoms with E-state index in [0.29, 0.717) is 11.3 Å². The average Bonchev–Trinajstić information content (AvgIpc) is 2.83. The van der Waals surface area contributed by atoms with E-state index in [1.807, 2.05) is 42.5 Å². The number of nitrogens with one attached hydrogen (secondary N) is 1. The Morgan fingerprint density at radius 1 is 0.818 bits per heavy atom. The third-order valence-electron chi connectivity index (χ3n) is 5.53. The van der Waals surface area contributed by atoms with Gasteiger partial charge in [0.25, 0.3) is 0 Å². The highest BCUT2D eigenvalue weighted by Gasteiger charge is 2.18. The van der Waals surface area contributed by atoms with Crippen molar-refractivity contribution in [3.05, 3.63) is 95.5 Å². The lowest BCUT2D eigenvalue weighted by molar-refractivity contribution is -0.295. The van der Waals surface area contributed by atoms with E-state index in [4.69, 9.17) is 11.6 Å². The summed E-state index contributed by atoms with van der Waals surface area (Å²) in [6.45, 7) is 3.50. The van der Waals surface area contributed by atoms with Gasteiger partial charge in [0.05, 0.1) is 5.97 Å². The Bertz CT molecular complexity index is 1150. The van der Waals surface area contributed by atoms with Crippen LogP contribution in [-0.4, -0.2) is 38.1 Å². The fourth-order valence-corrected chi connectivity index (χ4v) is 4.02. The first-order valence-corrected chi connectivity index (χ1v) is 11.0. The highest BCUT2D eigenvalue weighted by molar-refractivity contribution is 6.30. The maximum atomic E-state index is 12.4. The number of halogens is 1. The van der Waals surface area contributed by atoms with Crippen molar-refractivity contribution < 1.29 is 14.7 Å². The van der Waals surface area contributed by atoms with Crippen LogP contribution in [-0.2, 0) is 9.59 Å². The second-order valence-electron chi connectivity index (χ2n) is 7.70. The van der Waals surface area contributed by atoms with Crippen LogP contribution in [0.5, 0.6) is 0 Å². The number of piperazine rings is 1. The van der Waals surface area contributed by atoms with E-state index in [-0.39, 0.29) is 5.57 Å². The topological polar surface area (TPSA) is 75.7 Å². The molecule has 4 rings (SSSR count). The van der Waals surface area contributed by atoms with Gasteiger partial charge in [-0.15, -0.1) is 0 Å². The van der Waals surface area contributed by atoms with Crippen LogP contribution in [0.2, 0.25) is 5.02 Å². The molecule has 7 heteroatoms. The van der Waals surface area contributed by atoms with E-state index < -0.39 is 11.9 Å². The fourth-order valence-electron chi connectivity index (χ4n) is 3.84. The van der Waals surface area contributed by atoms with E-state index >= 15 is 0 Å². The lowest BCUT2D eigenvalue weighted by atomic mass is 10.1. The number of carboxylic acid groups (broad SMARTS) is 1. The van der Waals surface area contributed by atoms with Gasteiger partial charge in [0.1, 0.15) is 0 Å². The number of anilines is 3. The Hall–Kier alpha value is -3.77. The van der Waals surface area contributed by atoms with Gasteiger partial charge in [-0.25, -0.2) is 0 Å². The standard InChI is InChI=1S/C26H24ClN3O3/c27-20-7-4-8-23(17-20)30-15-13-29(14-16-30)22-11-9-21(10-12-22)28-25(31)18-24(26(32)33)19-5-2-1-3-6-19/h1-12,17-18H,13-16H2,(H,28,31)(H,32,33)/p-1/b24-18+. The highest BCUT2D eigenvalue weighted by Crippen LogP contribution is 2.24. The summed E-state index contributed by atoms with van der Waals surface area (Å²) in [5, 5.41) is 14.9. The molecule has 168 valence electrons. The summed E-state index contributed by atoms with van der Waals surface area (Å²) in [6, 6.07) is 23.8. The van der Waals surface area contributed by atoms with Gasteiger partial charge in [-0.05, 0) is 48.0 Å². The second-order valence-corrected chi connectivity index (χ2v) is 8.14. The van der Waals surface area contributed by atoms with Crippen molar-refractivity contribution >= 4 is 46.1 Å². The number of hydrogen-bond acceptors (Lipinski definition) is 5. The van der Waals surface area contributed by atoms with Gasteiger partial charge in [0, 0.05) is 59.9 Å². The molecule has 0 atom stereocenters. The SMILES string of the molecule is O=C(/C=C(/C(=O)[O-])c1ccccc1)Nc1ccc(N2CCN(c3cccc(Cl)c3)CC2)cc1. The summed E-state index contributed by atoms with van der Waals surface area (Å²) >= 11 is 6.11. The van der Waals surface area contributed by atoms with Gasteiger partial charge in [0.15, 0.2) is 0 Å². The van der Waals surface area contributed by atoms with Crippen LogP contribution in [0.1, 0.15) is 5.56 Å². The van der Waals surface area contributed by atoms with Crippen LogP contribution in [0.25, 0.3) is 5.57 Å². The van der Waals surface area contributed by atoms with Crippen molar-refractivity contribution in [2.75, 3.05) is 41.3 Å². The first-order valence-electron chi connectivity index (χ1n) is 10.6. The number of carbonyl (C=O) groups excluding carboxylic acids is 2. The monoisotopic (exact) mass is 460 g/mol. The Morgan fingerprint density at radius 2 is 1.45 bits per heavy atom. The molecule has 0 bridgehead atoms. The van der Waals surface area contributed by atoms with Crippen LogP contribution >= 0.6 is 11.6 Å². The molecule has 0 saturated carbocycles. The van der Waals surface area contributed by atoms with E-state index in [9.17, 15) is 14.7 Å². The number of aliphatic carboxylic acids is 1. The molecule has 6 nitrogen and oxygen atoms in total. The number of hydrogen-bond donors (Lipinski definition) is 1. The Kier molecular flexibility index (Phi) is 6.95. The molecule has 3 aromatic carbocycles. The Morgan fingerprint density at radius 3 is 2.06 bits per heavy atom. The van der Waals surface area contributed by atoms with Gasteiger partial charge in [-0.2, -0.15) is 0 Å². The number of amides is 1. The maximum Gasteiger partial charge on any atom is 0.249 e. The minimum absolute atomic E-state index is 0.165. The molecule has 0 spiro atoms. The van der Waals surface area contributed by atoms with Crippen molar-refractivity contribution in [3.8, 4) is 0 Å². The molecule has 0 unspecified atom stereocenters. The zero-order valence-corrected chi connectivity index (χ0v) is 18.7. The van der Waals surface area contributed by atoms with E-state index in [1.54, 1.807) is 30.3 Å². The molecule has 1 aliphatic rings. The number of benzene rings is 3. The molecular formula is C26H23ClN3O3-. The minimum atomic E-state index is -1.40. The largest absolute Gasteiger partial charge is 0.545 e. The molecule has 1 fully saturated rings. The summed E-state index contributed by atoms with van der Waals surface area (Å²) in [6.07, 6.45) is 1.05. The van der Waals surface area contributed by atoms with Gasteiger partial charge in [-0.1, -0.05) is 48.0 Å². The third kappa shape index (κ3) is 5.73. The number of rotatable bonds is 6. The van der Waals surface area contributed by atoms with Crippen molar-refractivity contribution in [2.45, 2.75) is 0 Å². The molecule has 0 aromatic heterocycles. The number of nitrogens with zero attached hydrogens (tertiary/aromatic N) is 2. The van der Waals surface area contributed by atoms with Crippen molar-refractivity contribution in [2.24, 2.45) is 0 Å². The predicted molar refractivity (Wildman–Crippen MR) is 130 cm³/mol. The zero-order chi connectivity index (χ0) is 23.2. The smallest absolute Gasteiger partial charge is 0.249 e. The molecule has 33 heavy (non-hydrogen) atoms. The van der Waals surface area contributed by atoms with Crippen LogP contribution in [0.3, 0.4) is 0 Å². The van der Waals surface area contributed by atoms with Crippen LogP contribution in [0, 0.1) is 0 Å². The van der Waals surface area contributed by atoms with Crippen LogP contribution in [0.15, 0.2) is 84.9 Å². The molecule has 0 aliphatic carbocycles. The number of carbonyl (C=O) groups is 2. The first kappa shape index (κ1) is 22.4. The quantitative estimate of drug-likeness (QED) is 0.570. The molecule has 0 radical (unpaired) electrons. The normalized spacial score (nSPS) is 14.2. The molecule has 1 saturated heterocycles. The van der Waals surface area contributed by atoms with Crippen LogP contribution in [0.4, 0.5) is 17.1 Å². The van der Waals surface area contributed by atoms with Crippen molar-refractivity contribution in [3.63, 3.8) is 0 Å². The second kappa shape index (κ2) is 10.2. The fraction of sp³-hybridized carbons (Fsp3) is 0.154. The molecule has 1 aliphatic heterocycles. The minimum Gasteiger partial charge on any atom is -0.545 e. The zero-order valence-electron chi connectivity index (χ0n) is 17.9. The molecule has 1 N–H and O–H groups in total. The average molecular weight is 461 g/mol. The van der Waals surface area contributed by atoms with Gasteiger partial charge in [-0.3, -0.25) is 4.79 Å². The Labute approximate surface area is 197 Å². The lowest BCUT2D eigenvalue weighted by Gasteiger charge is -2.37. The van der Waals surface area contributed by atoms with E-state index in [1.165, 1.54) is 0 Å². The van der Waals surface area contributed by atoms with Gasteiger partial charge < -0.3 is 25.0 Å². The van der Waals surface area contributed by atoms with E-state index in [0.717, 1.165) is 48.7 Å². The predicted octanol–water partition coefficient (Wildman–Crippen LogP) is 3.44. The molecule has 1 amide bonds. The van der Waals surface area contributed by atoms with Gasteiger partial charge >= 0.3 is 0 Å². The summed E-state index contributed by atoms with van der Waals surface area (Å²) in [4.78, 5) is 28.4. The van der Waals surface area contributed by atoms with Crippen molar-refractivity contribution in [1.82, 2.24) is 0 Å². The Balaban J connectivity index is 1.36. The number of carboxylic acids is 1. The van der Waals surface area contributed by atoms with Crippen LogP contribution < -0.4 is 20.2 Å². The first-order chi connectivity index (χ1) is 16.0. The summed E-state index contributed by atoms with van der Waals surface area (Å²) in [7, 11) is 0. The summed E-state index contributed by atoms with van der Waals surface area (Å²) in [5.41, 5.74) is 3.03. The highest BCUT2D eigenvalue weighted by atomic mass is 35.5. The molecular weight excluding hydrogens is 438 g/mol. The van der Waals surface area contributed by atoms with E-state index in [2.05, 4.69) is 21.2 Å². The molecule has 1 heterocycles. The van der Waals surface area contributed by atoms with Crippen molar-refractivity contribution in [1.29, 1.82) is 0 Å². The van der Waals surface area contributed by atoms with Gasteiger partial charge in [0.2, 0.25) is 5.91 Å². The maximum absolute atomic E-state index is 12.4. The molecule has 3 aromatic rings.